The molecular weight excluding hydrogens is 398 g/mol. The molecule has 1 amide bonds. The molecule has 162 valence electrons. The number of carbonyl (C=O) groups is 1. The van der Waals surface area contributed by atoms with Crippen molar-refractivity contribution < 1.29 is 13.2 Å². The SMILES string of the molecule is CC(C)c1ccccc1N(CC(=O)NCCCN1CCc2ccccc21)S(C)(=O)=O. The lowest BCUT2D eigenvalue weighted by atomic mass is 10.0. The summed E-state index contributed by atoms with van der Waals surface area (Å²) in [7, 11) is -3.58. The number of nitrogens with zero attached hydrogens (tertiary/aromatic N) is 2. The van der Waals surface area contributed by atoms with E-state index in [2.05, 4.69) is 28.4 Å². The first-order chi connectivity index (χ1) is 14.3. The molecule has 1 aliphatic rings. The molecule has 0 spiro atoms. The topological polar surface area (TPSA) is 69.7 Å². The Bertz CT molecular complexity index is 989. The number of amides is 1. The molecule has 30 heavy (non-hydrogen) atoms. The molecule has 3 rings (SSSR count). The van der Waals surface area contributed by atoms with E-state index >= 15 is 0 Å². The summed E-state index contributed by atoms with van der Waals surface area (Å²) in [6.45, 7) is 6.19. The first-order valence-electron chi connectivity index (χ1n) is 10.4. The van der Waals surface area contributed by atoms with Crippen LogP contribution in [0.5, 0.6) is 0 Å². The van der Waals surface area contributed by atoms with Crippen molar-refractivity contribution in [2.45, 2.75) is 32.6 Å². The molecule has 0 fully saturated rings. The molecule has 0 atom stereocenters. The van der Waals surface area contributed by atoms with Crippen molar-refractivity contribution in [1.82, 2.24) is 5.32 Å². The van der Waals surface area contributed by atoms with Gasteiger partial charge < -0.3 is 10.2 Å². The number of hydrogen-bond donors (Lipinski definition) is 1. The smallest absolute Gasteiger partial charge is 0.240 e. The lowest BCUT2D eigenvalue weighted by Crippen LogP contribution is -2.41. The van der Waals surface area contributed by atoms with E-state index < -0.39 is 10.0 Å². The number of fused-ring (bicyclic) bond motifs is 1. The molecule has 2 aromatic rings. The van der Waals surface area contributed by atoms with Crippen LogP contribution >= 0.6 is 0 Å². The molecule has 1 heterocycles. The van der Waals surface area contributed by atoms with Crippen LogP contribution in [-0.4, -0.2) is 46.8 Å². The van der Waals surface area contributed by atoms with E-state index in [0.717, 1.165) is 37.8 Å². The van der Waals surface area contributed by atoms with Crippen LogP contribution in [0.1, 0.15) is 37.3 Å². The average Bonchev–Trinajstić information content (AvgIpc) is 3.12. The Kier molecular flexibility index (Phi) is 7.02. The highest BCUT2D eigenvalue weighted by atomic mass is 32.2. The number of para-hydroxylation sites is 2. The van der Waals surface area contributed by atoms with Crippen molar-refractivity contribution in [2.24, 2.45) is 0 Å². The van der Waals surface area contributed by atoms with Gasteiger partial charge >= 0.3 is 0 Å². The number of sulfonamides is 1. The number of anilines is 2. The molecule has 0 aliphatic carbocycles. The Morgan fingerprint density at radius 2 is 1.83 bits per heavy atom. The van der Waals surface area contributed by atoms with E-state index in [0.29, 0.717) is 12.2 Å². The Hall–Kier alpha value is -2.54. The molecule has 1 N–H and O–H groups in total. The number of rotatable bonds is 9. The van der Waals surface area contributed by atoms with Crippen LogP contribution in [0.3, 0.4) is 0 Å². The predicted octanol–water partition coefficient (Wildman–Crippen LogP) is 3.15. The maximum absolute atomic E-state index is 12.5. The van der Waals surface area contributed by atoms with E-state index in [1.54, 1.807) is 12.1 Å². The third-order valence-electron chi connectivity index (χ3n) is 5.43. The number of nitrogens with one attached hydrogen (secondary N) is 1. The Morgan fingerprint density at radius 1 is 1.13 bits per heavy atom. The van der Waals surface area contributed by atoms with Crippen LogP contribution in [0.15, 0.2) is 48.5 Å². The van der Waals surface area contributed by atoms with Crippen molar-refractivity contribution in [3.05, 3.63) is 59.7 Å². The zero-order chi connectivity index (χ0) is 21.7. The van der Waals surface area contributed by atoms with Crippen LogP contribution in [0.25, 0.3) is 0 Å². The quantitative estimate of drug-likeness (QED) is 0.622. The van der Waals surface area contributed by atoms with Crippen LogP contribution < -0.4 is 14.5 Å². The summed E-state index contributed by atoms with van der Waals surface area (Å²) in [5, 5.41) is 2.88. The Labute approximate surface area is 179 Å². The van der Waals surface area contributed by atoms with Crippen LogP contribution in [-0.2, 0) is 21.2 Å². The van der Waals surface area contributed by atoms with Gasteiger partial charge in [-0.05, 0) is 42.0 Å². The summed E-state index contributed by atoms with van der Waals surface area (Å²) >= 11 is 0. The highest BCUT2D eigenvalue weighted by Gasteiger charge is 2.24. The van der Waals surface area contributed by atoms with E-state index in [4.69, 9.17) is 0 Å². The second-order valence-electron chi connectivity index (χ2n) is 8.05. The molecule has 0 radical (unpaired) electrons. The maximum Gasteiger partial charge on any atom is 0.240 e. The molecule has 2 aromatic carbocycles. The van der Waals surface area contributed by atoms with Crippen molar-refractivity contribution in [3.63, 3.8) is 0 Å². The molecule has 0 saturated heterocycles. The standard InChI is InChI=1S/C23H31N3O3S/c1-18(2)20-10-5-7-12-22(20)26(30(3,28)29)17-23(27)24-14-8-15-25-16-13-19-9-4-6-11-21(19)25/h4-7,9-12,18H,8,13-17H2,1-3H3,(H,24,27). The van der Waals surface area contributed by atoms with Crippen LogP contribution in [0, 0.1) is 0 Å². The molecule has 0 unspecified atom stereocenters. The van der Waals surface area contributed by atoms with Crippen molar-refractivity contribution >= 4 is 27.3 Å². The normalized spacial score (nSPS) is 13.4. The molecule has 0 aromatic heterocycles. The average molecular weight is 430 g/mol. The van der Waals surface area contributed by atoms with E-state index in [-0.39, 0.29) is 18.4 Å². The summed E-state index contributed by atoms with van der Waals surface area (Å²) in [5.41, 5.74) is 4.12. The van der Waals surface area contributed by atoms with Crippen molar-refractivity contribution in [3.8, 4) is 0 Å². The number of hydrogen-bond acceptors (Lipinski definition) is 4. The van der Waals surface area contributed by atoms with Gasteiger partial charge in [-0.25, -0.2) is 8.42 Å². The Balaban J connectivity index is 1.56. The summed E-state index contributed by atoms with van der Waals surface area (Å²) in [5.74, 6) is -0.141. The van der Waals surface area contributed by atoms with Crippen LogP contribution in [0.2, 0.25) is 0 Å². The molecule has 0 saturated carbocycles. The first kappa shape index (κ1) is 22.2. The minimum atomic E-state index is -3.58. The summed E-state index contributed by atoms with van der Waals surface area (Å²) in [6.07, 6.45) is 3.00. The molecule has 6 nitrogen and oxygen atoms in total. The van der Waals surface area contributed by atoms with Gasteiger partial charge in [0, 0.05) is 25.3 Å². The highest BCUT2D eigenvalue weighted by molar-refractivity contribution is 7.92. The van der Waals surface area contributed by atoms with E-state index in [1.165, 1.54) is 15.6 Å². The lowest BCUT2D eigenvalue weighted by molar-refractivity contribution is -0.119. The largest absolute Gasteiger partial charge is 0.371 e. The second kappa shape index (κ2) is 9.51. The monoisotopic (exact) mass is 429 g/mol. The van der Waals surface area contributed by atoms with Crippen molar-refractivity contribution in [2.75, 3.05) is 41.6 Å². The third-order valence-corrected chi connectivity index (χ3v) is 6.55. The number of benzene rings is 2. The molecule has 7 heteroatoms. The summed E-state index contributed by atoms with van der Waals surface area (Å²) < 4.78 is 26.0. The van der Waals surface area contributed by atoms with Crippen molar-refractivity contribution in [1.29, 1.82) is 0 Å². The fraction of sp³-hybridized carbons (Fsp3) is 0.435. The fourth-order valence-corrected chi connectivity index (χ4v) is 4.78. The Morgan fingerprint density at radius 3 is 2.57 bits per heavy atom. The zero-order valence-corrected chi connectivity index (χ0v) is 18.8. The zero-order valence-electron chi connectivity index (χ0n) is 18.0. The van der Waals surface area contributed by atoms with Gasteiger partial charge in [0.25, 0.3) is 0 Å². The molecule has 0 bridgehead atoms. The van der Waals surface area contributed by atoms with Gasteiger partial charge in [-0.3, -0.25) is 9.10 Å². The van der Waals surface area contributed by atoms with Gasteiger partial charge in [-0.1, -0.05) is 50.2 Å². The molecule has 1 aliphatic heterocycles. The number of carbonyl (C=O) groups excluding carboxylic acids is 1. The van der Waals surface area contributed by atoms with Gasteiger partial charge in [0.2, 0.25) is 15.9 Å². The minimum absolute atomic E-state index is 0.150. The van der Waals surface area contributed by atoms with E-state index in [1.807, 2.05) is 32.0 Å². The highest BCUT2D eigenvalue weighted by Crippen LogP contribution is 2.29. The van der Waals surface area contributed by atoms with Gasteiger partial charge in [0.1, 0.15) is 6.54 Å². The predicted molar refractivity (Wildman–Crippen MR) is 123 cm³/mol. The third kappa shape index (κ3) is 5.33. The van der Waals surface area contributed by atoms with Gasteiger partial charge in [-0.2, -0.15) is 0 Å². The second-order valence-corrected chi connectivity index (χ2v) is 9.96. The van der Waals surface area contributed by atoms with Gasteiger partial charge in [-0.15, -0.1) is 0 Å². The maximum atomic E-state index is 12.5. The molecular formula is C23H31N3O3S. The first-order valence-corrected chi connectivity index (χ1v) is 12.3. The summed E-state index contributed by atoms with van der Waals surface area (Å²) in [4.78, 5) is 14.9. The fourth-order valence-electron chi connectivity index (χ4n) is 3.91. The van der Waals surface area contributed by atoms with Gasteiger partial charge in [0.05, 0.1) is 11.9 Å². The van der Waals surface area contributed by atoms with Crippen LogP contribution in [0.4, 0.5) is 11.4 Å². The summed E-state index contributed by atoms with van der Waals surface area (Å²) in [6, 6.07) is 15.8. The van der Waals surface area contributed by atoms with Gasteiger partial charge in [0.15, 0.2) is 0 Å². The lowest BCUT2D eigenvalue weighted by Gasteiger charge is -2.25. The minimum Gasteiger partial charge on any atom is -0.371 e. The van der Waals surface area contributed by atoms with E-state index in [9.17, 15) is 13.2 Å².